The quantitative estimate of drug-likeness (QED) is 0.114. The first-order chi connectivity index (χ1) is 26.2. The van der Waals surface area contributed by atoms with E-state index >= 15 is 0 Å². The summed E-state index contributed by atoms with van der Waals surface area (Å²) in [6, 6.07) is 26.5. The lowest BCUT2D eigenvalue weighted by atomic mass is 10.1. The first-order valence-corrected chi connectivity index (χ1v) is 17.5. The highest BCUT2D eigenvalue weighted by Gasteiger charge is 2.20. The SMILES string of the molecule is Cc1cc(OCc2ccccn2)c2cccc(OCc3c(Cl)ccc(N(C)C(=O)CNC(=O)C=Cc4ccc(NC(=O)c5ccncc5)cc4)c3Cl)c2n1. The molecule has 3 heterocycles. The van der Waals surface area contributed by atoms with Gasteiger partial charge in [0.25, 0.3) is 5.91 Å². The normalized spacial score (nSPS) is 11.0. The van der Waals surface area contributed by atoms with E-state index in [9.17, 15) is 14.4 Å². The smallest absolute Gasteiger partial charge is 0.255 e. The first-order valence-electron chi connectivity index (χ1n) is 16.7. The lowest BCUT2D eigenvalue weighted by molar-refractivity contribution is -0.122. The monoisotopic (exact) mass is 760 g/mol. The van der Waals surface area contributed by atoms with E-state index in [-0.39, 0.29) is 24.1 Å². The Labute approximate surface area is 321 Å². The highest BCUT2D eigenvalue weighted by atomic mass is 35.5. The van der Waals surface area contributed by atoms with Crippen molar-refractivity contribution in [3.63, 3.8) is 0 Å². The van der Waals surface area contributed by atoms with E-state index in [1.54, 1.807) is 86.3 Å². The van der Waals surface area contributed by atoms with Crippen molar-refractivity contribution in [3.8, 4) is 11.5 Å². The topological polar surface area (TPSA) is 136 Å². The summed E-state index contributed by atoms with van der Waals surface area (Å²) >= 11 is 13.4. The highest BCUT2D eigenvalue weighted by Crippen LogP contribution is 2.36. The van der Waals surface area contributed by atoms with Gasteiger partial charge in [0.15, 0.2) is 0 Å². The average molecular weight is 762 g/mol. The summed E-state index contributed by atoms with van der Waals surface area (Å²) in [5.74, 6) is 0.0144. The van der Waals surface area contributed by atoms with Gasteiger partial charge < -0.3 is 25.0 Å². The van der Waals surface area contributed by atoms with Gasteiger partial charge >= 0.3 is 0 Å². The van der Waals surface area contributed by atoms with E-state index in [1.165, 1.54) is 11.0 Å². The van der Waals surface area contributed by atoms with Crippen LogP contribution in [-0.4, -0.2) is 46.3 Å². The number of amides is 3. The number of nitrogens with zero attached hydrogens (tertiary/aromatic N) is 4. The van der Waals surface area contributed by atoms with Crippen LogP contribution in [0.25, 0.3) is 17.0 Å². The van der Waals surface area contributed by atoms with E-state index in [4.69, 9.17) is 37.7 Å². The molecule has 0 saturated heterocycles. The number of aryl methyl sites for hydroxylation is 1. The molecule has 54 heavy (non-hydrogen) atoms. The highest BCUT2D eigenvalue weighted by molar-refractivity contribution is 6.38. The van der Waals surface area contributed by atoms with Crippen molar-refractivity contribution in [3.05, 3.63) is 154 Å². The molecule has 272 valence electrons. The van der Waals surface area contributed by atoms with Crippen molar-refractivity contribution in [2.75, 3.05) is 23.8 Å². The predicted molar refractivity (Wildman–Crippen MR) is 210 cm³/mol. The van der Waals surface area contributed by atoms with Crippen LogP contribution in [0.15, 0.2) is 116 Å². The second-order valence-corrected chi connectivity index (χ2v) is 12.8. The molecule has 2 N–H and O–H groups in total. The number of aromatic nitrogens is 3. The molecule has 0 aliphatic carbocycles. The Balaban J connectivity index is 1.05. The number of hydrogen-bond donors (Lipinski definition) is 2. The van der Waals surface area contributed by atoms with Crippen LogP contribution in [0.4, 0.5) is 11.4 Å². The molecule has 11 nitrogen and oxygen atoms in total. The molecule has 0 radical (unpaired) electrons. The van der Waals surface area contributed by atoms with E-state index < -0.39 is 11.8 Å². The number of rotatable bonds is 13. The van der Waals surface area contributed by atoms with Crippen LogP contribution in [-0.2, 0) is 22.8 Å². The van der Waals surface area contributed by atoms with Crippen LogP contribution in [0.1, 0.15) is 32.9 Å². The summed E-state index contributed by atoms with van der Waals surface area (Å²) in [6.07, 6.45) is 7.73. The van der Waals surface area contributed by atoms with Crippen molar-refractivity contribution < 1.29 is 23.9 Å². The van der Waals surface area contributed by atoms with E-state index in [2.05, 4.69) is 20.6 Å². The third kappa shape index (κ3) is 9.37. The van der Waals surface area contributed by atoms with Crippen molar-refractivity contribution in [2.45, 2.75) is 20.1 Å². The number of carbonyl (C=O) groups excluding carboxylic acids is 3. The van der Waals surface area contributed by atoms with E-state index in [0.717, 1.165) is 22.3 Å². The predicted octanol–water partition coefficient (Wildman–Crippen LogP) is 7.84. The largest absolute Gasteiger partial charge is 0.487 e. The number of halogens is 2. The third-order valence-corrected chi connectivity index (χ3v) is 9.00. The second kappa shape index (κ2) is 17.5. The minimum atomic E-state index is -0.465. The van der Waals surface area contributed by atoms with Crippen molar-refractivity contribution in [1.29, 1.82) is 0 Å². The molecule has 6 rings (SSSR count). The summed E-state index contributed by atoms with van der Waals surface area (Å²) in [7, 11) is 1.56. The Morgan fingerprint density at radius 2 is 1.63 bits per heavy atom. The zero-order valence-corrected chi connectivity index (χ0v) is 30.8. The summed E-state index contributed by atoms with van der Waals surface area (Å²) in [5, 5.41) is 6.76. The van der Waals surface area contributed by atoms with Gasteiger partial charge in [0.1, 0.15) is 30.2 Å². The average Bonchev–Trinajstić information content (AvgIpc) is 3.19. The standard InChI is InChI=1S/C41H34Cl2N6O5/c1-26-22-36(53-24-30-6-3-4-19-45-30)31-7-5-8-35(40(31)47-26)54-25-32-33(42)14-15-34(39(32)43)49(2)38(51)23-46-37(50)16-11-27-9-12-29(13-10-27)48-41(52)28-17-20-44-21-18-28/h3-22H,23-25H2,1-2H3,(H,46,50)(H,48,52). The molecular formula is C41H34Cl2N6O5. The van der Waals surface area contributed by atoms with Gasteiger partial charge in [-0.15, -0.1) is 0 Å². The first kappa shape index (κ1) is 37.5. The van der Waals surface area contributed by atoms with Crippen LogP contribution >= 0.6 is 23.2 Å². The molecule has 0 atom stereocenters. The molecule has 0 aliphatic rings. The minimum absolute atomic E-state index is 0.00792. The second-order valence-electron chi connectivity index (χ2n) is 12.0. The van der Waals surface area contributed by atoms with Crippen LogP contribution in [0, 0.1) is 6.92 Å². The van der Waals surface area contributed by atoms with Crippen LogP contribution in [0.2, 0.25) is 10.0 Å². The summed E-state index contributed by atoms with van der Waals surface area (Å²) in [5.41, 5.74) is 4.82. The Hall–Kier alpha value is -6.30. The Morgan fingerprint density at radius 1 is 0.852 bits per heavy atom. The number of benzene rings is 3. The summed E-state index contributed by atoms with van der Waals surface area (Å²) in [4.78, 5) is 52.4. The van der Waals surface area contributed by atoms with E-state index in [1.807, 2.05) is 43.3 Å². The zero-order chi connectivity index (χ0) is 38.0. The number of para-hydroxylation sites is 1. The van der Waals surface area contributed by atoms with Gasteiger partial charge in [-0.25, -0.2) is 4.98 Å². The van der Waals surface area contributed by atoms with Gasteiger partial charge in [-0.2, -0.15) is 0 Å². The van der Waals surface area contributed by atoms with Gasteiger partial charge in [0, 0.05) is 70.7 Å². The maximum absolute atomic E-state index is 13.1. The van der Waals surface area contributed by atoms with Crippen molar-refractivity contribution in [2.24, 2.45) is 0 Å². The number of nitrogens with one attached hydrogen (secondary N) is 2. The number of ether oxygens (including phenoxy) is 2. The fourth-order valence-corrected chi connectivity index (χ4v) is 5.95. The lowest BCUT2D eigenvalue weighted by Gasteiger charge is -2.21. The molecule has 13 heteroatoms. The van der Waals surface area contributed by atoms with Gasteiger partial charge in [0.05, 0.1) is 22.9 Å². The molecule has 0 spiro atoms. The lowest BCUT2D eigenvalue weighted by Crippen LogP contribution is -2.37. The van der Waals surface area contributed by atoms with Crippen molar-refractivity contribution in [1.82, 2.24) is 20.3 Å². The molecule has 0 fully saturated rings. The molecule has 0 aliphatic heterocycles. The van der Waals surface area contributed by atoms with Crippen LogP contribution in [0.3, 0.4) is 0 Å². The number of anilines is 2. The maximum atomic E-state index is 13.1. The van der Waals surface area contributed by atoms with E-state index in [0.29, 0.717) is 51.1 Å². The van der Waals surface area contributed by atoms with Crippen molar-refractivity contribution >= 4 is 69.3 Å². The summed E-state index contributed by atoms with van der Waals surface area (Å²) in [6.45, 7) is 1.88. The zero-order valence-electron chi connectivity index (χ0n) is 29.3. The fraction of sp³-hybridized carbons (Fsp3) is 0.122. The molecule has 0 saturated carbocycles. The molecule has 0 unspecified atom stereocenters. The number of hydrogen-bond acceptors (Lipinski definition) is 8. The van der Waals surface area contributed by atoms with Crippen LogP contribution in [0.5, 0.6) is 11.5 Å². The summed E-state index contributed by atoms with van der Waals surface area (Å²) < 4.78 is 12.4. The van der Waals surface area contributed by atoms with Gasteiger partial charge in [-0.1, -0.05) is 47.5 Å². The van der Waals surface area contributed by atoms with Gasteiger partial charge in [-0.3, -0.25) is 24.4 Å². The van der Waals surface area contributed by atoms with Gasteiger partial charge in [-0.05, 0) is 79.2 Å². The minimum Gasteiger partial charge on any atom is -0.487 e. The Bertz CT molecular complexity index is 2320. The van der Waals surface area contributed by atoms with Gasteiger partial charge in [0.2, 0.25) is 11.8 Å². The molecule has 3 amide bonds. The number of fused-ring (bicyclic) bond motifs is 1. The Morgan fingerprint density at radius 3 is 2.39 bits per heavy atom. The molecule has 0 bridgehead atoms. The number of pyridine rings is 3. The molecule has 3 aromatic heterocycles. The third-order valence-electron chi connectivity index (χ3n) is 8.22. The number of likely N-dealkylation sites (N-methyl/N-ethyl adjacent to an activating group) is 1. The number of carbonyl (C=O) groups is 3. The maximum Gasteiger partial charge on any atom is 0.255 e. The molecule has 6 aromatic rings. The molecular weight excluding hydrogens is 727 g/mol. The van der Waals surface area contributed by atoms with Crippen LogP contribution < -0.4 is 25.0 Å². The molecule has 3 aromatic carbocycles. The Kier molecular flexibility index (Phi) is 12.1. The fourth-order valence-electron chi connectivity index (χ4n) is 5.34.